The number of piperazine rings is 1. The monoisotopic (exact) mass is 371 g/mol. The summed E-state index contributed by atoms with van der Waals surface area (Å²) in [5.41, 5.74) is 2.42. The molecule has 0 aliphatic carbocycles. The second-order valence-corrected chi connectivity index (χ2v) is 6.90. The van der Waals surface area contributed by atoms with Crippen LogP contribution in [0.3, 0.4) is 0 Å². The maximum atomic E-state index is 12.7. The first-order valence-electron chi connectivity index (χ1n) is 8.65. The van der Waals surface area contributed by atoms with E-state index in [2.05, 4.69) is 16.3 Å². The molecule has 26 heavy (non-hydrogen) atoms. The molecule has 6 heteroatoms. The zero-order chi connectivity index (χ0) is 18.5. The van der Waals surface area contributed by atoms with Gasteiger partial charge in [-0.15, -0.1) is 0 Å². The third-order valence-electron chi connectivity index (χ3n) is 4.38. The first-order chi connectivity index (χ1) is 12.5. The highest BCUT2D eigenvalue weighted by Crippen LogP contribution is 2.16. The molecule has 0 aromatic heterocycles. The molecular formula is C20H22ClN3O2. The van der Waals surface area contributed by atoms with Gasteiger partial charge in [0.25, 0.3) is 5.91 Å². The summed E-state index contributed by atoms with van der Waals surface area (Å²) in [4.78, 5) is 28.1. The summed E-state index contributed by atoms with van der Waals surface area (Å²) in [6.45, 7) is 5.30. The van der Waals surface area contributed by atoms with Gasteiger partial charge in [0.05, 0.1) is 0 Å². The molecule has 1 fully saturated rings. The molecule has 1 heterocycles. The van der Waals surface area contributed by atoms with Crippen LogP contribution < -0.4 is 5.32 Å². The summed E-state index contributed by atoms with van der Waals surface area (Å²) >= 11 is 6.04. The van der Waals surface area contributed by atoms with Gasteiger partial charge >= 0.3 is 0 Å². The molecule has 3 rings (SSSR count). The fourth-order valence-electron chi connectivity index (χ4n) is 3.12. The Balaban J connectivity index is 1.57. The van der Waals surface area contributed by atoms with Gasteiger partial charge in [-0.25, -0.2) is 0 Å². The van der Waals surface area contributed by atoms with Crippen molar-refractivity contribution in [3.05, 3.63) is 64.7 Å². The van der Waals surface area contributed by atoms with Crippen molar-refractivity contribution in [1.82, 2.24) is 9.80 Å². The molecule has 2 aromatic rings. The van der Waals surface area contributed by atoms with Gasteiger partial charge in [0.1, 0.15) is 0 Å². The normalized spacial score (nSPS) is 14.9. The lowest BCUT2D eigenvalue weighted by atomic mass is 10.1. The largest absolute Gasteiger partial charge is 0.336 e. The van der Waals surface area contributed by atoms with Crippen molar-refractivity contribution in [2.24, 2.45) is 0 Å². The smallest absolute Gasteiger partial charge is 0.254 e. The van der Waals surface area contributed by atoms with Gasteiger partial charge in [-0.2, -0.15) is 0 Å². The quantitative estimate of drug-likeness (QED) is 0.897. The molecule has 1 N–H and O–H groups in total. The van der Waals surface area contributed by atoms with E-state index in [1.54, 1.807) is 24.3 Å². The Morgan fingerprint density at radius 1 is 1.04 bits per heavy atom. The second-order valence-electron chi connectivity index (χ2n) is 6.46. The molecule has 2 amide bonds. The third-order valence-corrected chi connectivity index (χ3v) is 4.62. The van der Waals surface area contributed by atoms with Gasteiger partial charge in [-0.05, 0) is 35.9 Å². The Kier molecular flexibility index (Phi) is 5.91. The fourth-order valence-corrected chi connectivity index (χ4v) is 3.33. The van der Waals surface area contributed by atoms with Crippen LogP contribution in [-0.2, 0) is 11.3 Å². The predicted molar refractivity (Wildman–Crippen MR) is 103 cm³/mol. The average Bonchev–Trinajstić information content (AvgIpc) is 2.61. The molecule has 136 valence electrons. The molecule has 0 spiro atoms. The van der Waals surface area contributed by atoms with Gasteiger partial charge in [-0.3, -0.25) is 14.5 Å². The van der Waals surface area contributed by atoms with Gasteiger partial charge in [0.15, 0.2) is 0 Å². The van der Waals surface area contributed by atoms with Crippen LogP contribution in [0.2, 0.25) is 5.02 Å². The number of benzene rings is 2. The SMILES string of the molecule is CC(=O)Nc1cccc(C(=O)N2CCN(Cc3cccc(Cl)c3)CC2)c1. The van der Waals surface area contributed by atoms with Crippen molar-refractivity contribution in [2.75, 3.05) is 31.5 Å². The lowest BCUT2D eigenvalue weighted by Gasteiger charge is -2.34. The molecule has 0 bridgehead atoms. The highest BCUT2D eigenvalue weighted by atomic mass is 35.5. The van der Waals surface area contributed by atoms with Gasteiger partial charge in [-0.1, -0.05) is 29.8 Å². The molecule has 1 aliphatic rings. The maximum absolute atomic E-state index is 12.7. The van der Waals surface area contributed by atoms with Crippen molar-refractivity contribution in [3.8, 4) is 0 Å². The van der Waals surface area contributed by atoms with Crippen LogP contribution in [0.4, 0.5) is 5.69 Å². The zero-order valence-electron chi connectivity index (χ0n) is 14.7. The summed E-state index contributed by atoms with van der Waals surface area (Å²) in [6.07, 6.45) is 0. The number of hydrogen-bond acceptors (Lipinski definition) is 3. The van der Waals surface area contributed by atoms with E-state index in [1.165, 1.54) is 12.5 Å². The minimum atomic E-state index is -0.149. The fraction of sp³-hybridized carbons (Fsp3) is 0.300. The van der Waals surface area contributed by atoms with E-state index in [0.717, 1.165) is 24.7 Å². The Bertz CT molecular complexity index is 801. The van der Waals surface area contributed by atoms with Crippen LogP contribution in [0.25, 0.3) is 0 Å². The lowest BCUT2D eigenvalue weighted by molar-refractivity contribution is -0.114. The van der Waals surface area contributed by atoms with Crippen molar-refractivity contribution in [2.45, 2.75) is 13.5 Å². The molecule has 5 nitrogen and oxygen atoms in total. The number of carbonyl (C=O) groups excluding carboxylic acids is 2. The van der Waals surface area contributed by atoms with E-state index in [1.807, 2.05) is 23.1 Å². The summed E-state index contributed by atoms with van der Waals surface area (Å²) in [6, 6.07) is 14.9. The Morgan fingerprint density at radius 3 is 2.46 bits per heavy atom. The second kappa shape index (κ2) is 8.34. The number of carbonyl (C=O) groups is 2. The number of nitrogens with one attached hydrogen (secondary N) is 1. The molecule has 2 aromatic carbocycles. The first-order valence-corrected chi connectivity index (χ1v) is 9.03. The van der Waals surface area contributed by atoms with E-state index in [-0.39, 0.29) is 11.8 Å². The van der Waals surface area contributed by atoms with Crippen LogP contribution in [0.1, 0.15) is 22.8 Å². The van der Waals surface area contributed by atoms with Gasteiger partial charge < -0.3 is 10.2 Å². The topological polar surface area (TPSA) is 52.7 Å². The van der Waals surface area contributed by atoms with Crippen LogP contribution in [-0.4, -0.2) is 47.8 Å². The minimum absolute atomic E-state index is 0.000363. The van der Waals surface area contributed by atoms with E-state index < -0.39 is 0 Å². The number of amides is 2. The molecule has 0 saturated carbocycles. The number of halogens is 1. The standard InChI is InChI=1S/C20H22ClN3O2/c1-15(25)22-19-7-3-5-17(13-19)20(26)24-10-8-23(9-11-24)14-16-4-2-6-18(21)12-16/h2-7,12-13H,8-11,14H2,1H3,(H,22,25). The molecular weight excluding hydrogens is 350 g/mol. The van der Waals surface area contributed by atoms with E-state index in [9.17, 15) is 9.59 Å². The summed E-state index contributed by atoms with van der Waals surface area (Å²) < 4.78 is 0. The zero-order valence-corrected chi connectivity index (χ0v) is 15.5. The van der Waals surface area contributed by atoms with E-state index in [4.69, 9.17) is 11.6 Å². The molecule has 0 atom stereocenters. The molecule has 1 aliphatic heterocycles. The Labute approximate surface area is 158 Å². The highest BCUT2D eigenvalue weighted by Gasteiger charge is 2.22. The molecule has 1 saturated heterocycles. The minimum Gasteiger partial charge on any atom is -0.336 e. The van der Waals surface area contributed by atoms with Crippen LogP contribution in [0, 0.1) is 0 Å². The van der Waals surface area contributed by atoms with E-state index in [0.29, 0.717) is 24.3 Å². The number of anilines is 1. The van der Waals surface area contributed by atoms with E-state index >= 15 is 0 Å². The molecule has 0 unspecified atom stereocenters. The van der Waals surface area contributed by atoms with Crippen LogP contribution >= 0.6 is 11.6 Å². The number of hydrogen-bond donors (Lipinski definition) is 1. The summed E-state index contributed by atoms with van der Waals surface area (Å²) in [5, 5.41) is 3.46. The predicted octanol–water partition coefficient (Wildman–Crippen LogP) is 3.26. The van der Waals surface area contributed by atoms with Crippen LogP contribution in [0.5, 0.6) is 0 Å². The molecule has 0 radical (unpaired) electrons. The first kappa shape index (κ1) is 18.4. The average molecular weight is 372 g/mol. The van der Waals surface area contributed by atoms with Gasteiger partial charge in [0, 0.05) is 55.9 Å². The third kappa shape index (κ3) is 4.84. The number of rotatable bonds is 4. The summed E-state index contributed by atoms with van der Waals surface area (Å²) in [5.74, 6) is -0.149. The van der Waals surface area contributed by atoms with Crippen molar-refractivity contribution in [1.29, 1.82) is 0 Å². The van der Waals surface area contributed by atoms with Gasteiger partial charge in [0.2, 0.25) is 5.91 Å². The van der Waals surface area contributed by atoms with Crippen molar-refractivity contribution < 1.29 is 9.59 Å². The Morgan fingerprint density at radius 2 is 1.77 bits per heavy atom. The summed E-state index contributed by atoms with van der Waals surface area (Å²) in [7, 11) is 0. The van der Waals surface area contributed by atoms with Crippen LogP contribution in [0.15, 0.2) is 48.5 Å². The van der Waals surface area contributed by atoms with Crippen molar-refractivity contribution >= 4 is 29.1 Å². The highest BCUT2D eigenvalue weighted by molar-refractivity contribution is 6.30. The lowest BCUT2D eigenvalue weighted by Crippen LogP contribution is -2.48. The maximum Gasteiger partial charge on any atom is 0.254 e. The van der Waals surface area contributed by atoms with Crippen molar-refractivity contribution in [3.63, 3.8) is 0 Å². The number of nitrogens with zero attached hydrogens (tertiary/aromatic N) is 2. The Hall–Kier alpha value is -2.37.